The lowest BCUT2D eigenvalue weighted by Gasteiger charge is -2.10. The van der Waals surface area contributed by atoms with Gasteiger partial charge in [0.1, 0.15) is 5.76 Å². The summed E-state index contributed by atoms with van der Waals surface area (Å²) in [5.41, 5.74) is 5.26. The Bertz CT molecular complexity index is 284. The van der Waals surface area contributed by atoms with Crippen LogP contribution in [-0.2, 0) is 0 Å². The molecule has 2 N–H and O–H groups in total. The molecule has 74 valence electrons. The molecule has 1 heterocycles. The van der Waals surface area contributed by atoms with Crippen molar-refractivity contribution < 1.29 is 17.6 Å². The Morgan fingerprint density at radius 3 is 2.46 bits per heavy atom. The molecule has 1 aromatic rings. The zero-order valence-electron chi connectivity index (χ0n) is 6.44. The molecule has 0 fully saturated rings. The number of halogens is 4. The smallest absolute Gasteiger partial charge is 0.391 e. The number of hydrogen-bond donors (Lipinski definition) is 1. The molecule has 2 nitrogen and oxygen atoms in total. The van der Waals surface area contributed by atoms with Crippen LogP contribution in [0.25, 0.3) is 0 Å². The first-order valence-corrected chi connectivity index (χ1v) is 4.25. The second-order valence-corrected chi connectivity index (χ2v) is 3.35. The Labute approximate surface area is 81.0 Å². The number of rotatable bonds is 2. The molecule has 13 heavy (non-hydrogen) atoms. The van der Waals surface area contributed by atoms with Crippen molar-refractivity contribution in [2.75, 3.05) is 0 Å². The second kappa shape index (κ2) is 3.71. The Balaban J connectivity index is 2.64. The molecule has 0 bridgehead atoms. The zero-order valence-corrected chi connectivity index (χ0v) is 8.02. The SMILES string of the molecule is N[C@@H](CC(F)(F)F)c1ccc(Br)o1. The molecule has 0 aromatic carbocycles. The fourth-order valence-corrected chi connectivity index (χ4v) is 1.20. The first-order valence-electron chi connectivity index (χ1n) is 3.46. The van der Waals surface area contributed by atoms with Gasteiger partial charge in [0.05, 0.1) is 12.5 Å². The van der Waals surface area contributed by atoms with Gasteiger partial charge in [-0.05, 0) is 28.1 Å². The van der Waals surface area contributed by atoms with E-state index in [9.17, 15) is 13.2 Å². The van der Waals surface area contributed by atoms with Crippen LogP contribution in [0, 0.1) is 0 Å². The summed E-state index contributed by atoms with van der Waals surface area (Å²) in [6.07, 6.45) is -5.34. The fraction of sp³-hybridized carbons (Fsp3) is 0.429. The summed E-state index contributed by atoms with van der Waals surface area (Å²) in [4.78, 5) is 0. The summed E-state index contributed by atoms with van der Waals surface area (Å²) in [5, 5.41) is 0. The third-order valence-corrected chi connectivity index (χ3v) is 1.84. The van der Waals surface area contributed by atoms with Crippen molar-refractivity contribution in [1.29, 1.82) is 0 Å². The zero-order chi connectivity index (χ0) is 10.1. The van der Waals surface area contributed by atoms with Gasteiger partial charge in [-0.25, -0.2) is 0 Å². The molecule has 1 rings (SSSR count). The van der Waals surface area contributed by atoms with Crippen molar-refractivity contribution in [3.63, 3.8) is 0 Å². The lowest BCUT2D eigenvalue weighted by Crippen LogP contribution is -2.19. The molecular formula is C7H7BrF3NO. The highest BCUT2D eigenvalue weighted by atomic mass is 79.9. The summed E-state index contributed by atoms with van der Waals surface area (Å²) in [6.45, 7) is 0. The maximum absolute atomic E-state index is 11.9. The molecule has 1 aromatic heterocycles. The molecule has 0 saturated heterocycles. The van der Waals surface area contributed by atoms with Crippen molar-refractivity contribution >= 4 is 15.9 Å². The van der Waals surface area contributed by atoms with Gasteiger partial charge in [0.15, 0.2) is 4.67 Å². The lowest BCUT2D eigenvalue weighted by molar-refractivity contribution is -0.139. The minimum atomic E-state index is -4.27. The normalized spacial score (nSPS) is 14.5. The van der Waals surface area contributed by atoms with E-state index in [4.69, 9.17) is 10.2 Å². The standard InChI is InChI=1S/C7H7BrF3NO/c8-6-2-1-5(13-6)4(12)3-7(9,10)11/h1-2,4H,3,12H2/t4-/m0/s1. The molecule has 0 amide bonds. The molecular weight excluding hydrogens is 251 g/mol. The Morgan fingerprint density at radius 2 is 2.08 bits per heavy atom. The van der Waals surface area contributed by atoms with Gasteiger partial charge in [-0.2, -0.15) is 13.2 Å². The number of nitrogens with two attached hydrogens (primary N) is 1. The quantitative estimate of drug-likeness (QED) is 0.885. The van der Waals surface area contributed by atoms with Crippen LogP contribution in [0.5, 0.6) is 0 Å². The second-order valence-electron chi connectivity index (χ2n) is 2.57. The minimum absolute atomic E-state index is 0.129. The van der Waals surface area contributed by atoms with Gasteiger partial charge in [0.25, 0.3) is 0 Å². The third kappa shape index (κ3) is 3.40. The molecule has 0 aliphatic rings. The average molecular weight is 258 g/mol. The Kier molecular flexibility index (Phi) is 3.02. The van der Waals surface area contributed by atoms with Crippen molar-refractivity contribution in [2.24, 2.45) is 5.73 Å². The Hall–Kier alpha value is -0.490. The summed E-state index contributed by atoms with van der Waals surface area (Å²) in [6, 6.07) is 1.79. The van der Waals surface area contributed by atoms with Gasteiger partial charge >= 0.3 is 6.18 Å². The predicted molar refractivity (Wildman–Crippen MR) is 44.0 cm³/mol. The van der Waals surface area contributed by atoms with Crippen LogP contribution in [0.1, 0.15) is 18.2 Å². The molecule has 0 spiro atoms. The molecule has 0 aliphatic heterocycles. The van der Waals surface area contributed by atoms with Crippen LogP contribution in [0.15, 0.2) is 21.2 Å². The minimum Gasteiger partial charge on any atom is -0.453 e. The van der Waals surface area contributed by atoms with Crippen molar-refractivity contribution in [1.82, 2.24) is 0 Å². The van der Waals surface area contributed by atoms with Crippen LogP contribution < -0.4 is 5.73 Å². The highest BCUT2D eigenvalue weighted by molar-refractivity contribution is 9.10. The summed E-state index contributed by atoms with van der Waals surface area (Å²) in [7, 11) is 0. The summed E-state index contributed by atoms with van der Waals surface area (Å²) >= 11 is 2.98. The number of alkyl halides is 3. The van der Waals surface area contributed by atoms with E-state index in [0.717, 1.165) is 0 Å². The van der Waals surface area contributed by atoms with Gasteiger partial charge < -0.3 is 10.2 Å². The number of furan rings is 1. The van der Waals surface area contributed by atoms with Crippen LogP contribution in [0.3, 0.4) is 0 Å². The largest absolute Gasteiger partial charge is 0.453 e. The van der Waals surface area contributed by atoms with E-state index in [1.807, 2.05) is 0 Å². The molecule has 0 unspecified atom stereocenters. The molecule has 0 aliphatic carbocycles. The van der Waals surface area contributed by atoms with Crippen molar-refractivity contribution in [2.45, 2.75) is 18.6 Å². The van der Waals surface area contributed by atoms with E-state index >= 15 is 0 Å². The first kappa shape index (κ1) is 10.6. The maximum Gasteiger partial charge on any atom is 0.391 e. The molecule has 0 radical (unpaired) electrons. The maximum atomic E-state index is 11.9. The van der Waals surface area contributed by atoms with Gasteiger partial charge in [-0.3, -0.25) is 0 Å². The molecule has 0 saturated carbocycles. The van der Waals surface area contributed by atoms with Crippen LogP contribution >= 0.6 is 15.9 Å². The van der Waals surface area contributed by atoms with Crippen molar-refractivity contribution in [3.8, 4) is 0 Å². The van der Waals surface area contributed by atoms with Crippen LogP contribution in [-0.4, -0.2) is 6.18 Å². The van der Waals surface area contributed by atoms with Crippen molar-refractivity contribution in [3.05, 3.63) is 22.6 Å². The monoisotopic (exact) mass is 257 g/mol. The van der Waals surface area contributed by atoms with E-state index < -0.39 is 18.6 Å². The predicted octanol–water partition coefficient (Wildman–Crippen LogP) is 2.99. The Morgan fingerprint density at radius 1 is 1.46 bits per heavy atom. The molecule has 6 heteroatoms. The van der Waals surface area contributed by atoms with Crippen LogP contribution in [0.4, 0.5) is 13.2 Å². The highest BCUT2D eigenvalue weighted by Gasteiger charge is 2.32. The van der Waals surface area contributed by atoms with Gasteiger partial charge in [-0.1, -0.05) is 0 Å². The molecule has 1 atom stereocenters. The third-order valence-electron chi connectivity index (χ3n) is 1.41. The topological polar surface area (TPSA) is 39.2 Å². The highest BCUT2D eigenvalue weighted by Crippen LogP contribution is 2.29. The first-order chi connectivity index (χ1) is 5.88. The van der Waals surface area contributed by atoms with Crippen LogP contribution in [0.2, 0.25) is 0 Å². The van der Waals surface area contributed by atoms with Gasteiger partial charge in [0.2, 0.25) is 0 Å². The van der Waals surface area contributed by atoms with E-state index in [2.05, 4.69) is 15.9 Å². The van der Waals surface area contributed by atoms with E-state index in [1.165, 1.54) is 12.1 Å². The summed E-state index contributed by atoms with van der Waals surface area (Å²) in [5.74, 6) is 0.129. The van der Waals surface area contributed by atoms with E-state index in [0.29, 0.717) is 4.67 Å². The fourth-order valence-electron chi connectivity index (χ4n) is 0.878. The number of hydrogen-bond acceptors (Lipinski definition) is 2. The van der Waals surface area contributed by atoms with Gasteiger partial charge in [-0.15, -0.1) is 0 Å². The average Bonchev–Trinajstić information content (AvgIpc) is 2.31. The van der Waals surface area contributed by atoms with E-state index in [1.54, 1.807) is 0 Å². The van der Waals surface area contributed by atoms with E-state index in [-0.39, 0.29) is 5.76 Å². The van der Waals surface area contributed by atoms with Gasteiger partial charge in [0, 0.05) is 0 Å². The summed E-state index contributed by atoms with van der Waals surface area (Å²) < 4.78 is 40.9. The lowest BCUT2D eigenvalue weighted by atomic mass is 10.2.